The van der Waals surface area contributed by atoms with E-state index in [-0.39, 0.29) is 5.91 Å². The van der Waals surface area contributed by atoms with Crippen LogP contribution in [0.15, 0.2) is 12.1 Å². The molecule has 1 aromatic rings. The number of hydrogen-bond donors (Lipinski definition) is 1. The van der Waals surface area contributed by atoms with E-state index in [0.717, 1.165) is 5.56 Å². The standard InChI is InChI=1S/C15H22N2O4/c1-4-17(2)14(18)10-16-9-11-7-12(19-3)15-13(8-11)20-5-6-21-15/h7-8,16H,4-6,9-10H2,1-3H3. The maximum absolute atomic E-state index is 11.7. The van der Waals surface area contributed by atoms with Crippen molar-refractivity contribution in [1.82, 2.24) is 10.2 Å². The van der Waals surface area contributed by atoms with Gasteiger partial charge in [-0.3, -0.25) is 4.79 Å². The van der Waals surface area contributed by atoms with Crippen LogP contribution in [0.3, 0.4) is 0 Å². The molecule has 0 saturated carbocycles. The predicted molar refractivity (Wildman–Crippen MR) is 79.0 cm³/mol. The lowest BCUT2D eigenvalue weighted by atomic mass is 10.1. The van der Waals surface area contributed by atoms with E-state index in [9.17, 15) is 4.79 Å². The summed E-state index contributed by atoms with van der Waals surface area (Å²) < 4.78 is 16.5. The summed E-state index contributed by atoms with van der Waals surface area (Å²) in [5.74, 6) is 2.06. The van der Waals surface area contributed by atoms with E-state index < -0.39 is 0 Å². The van der Waals surface area contributed by atoms with Crippen LogP contribution in [0.1, 0.15) is 12.5 Å². The molecule has 0 aliphatic carbocycles. The molecule has 1 aliphatic heterocycles. The molecule has 0 unspecified atom stereocenters. The summed E-state index contributed by atoms with van der Waals surface area (Å²) in [5, 5.41) is 3.13. The number of likely N-dealkylation sites (N-methyl/N-ethyl adjacent to an activating group) is 1. The molecule has 0 bridgehead atoms. The third-order valence-electron chi connectivity index (χ3n) is 3.39. The van der Waals surface area contributed by atoms with Crippen LogP contribution in [0.25, 0.3) is 0 Å². The lowest BCUT2D eigenvalue weighted by Crippen LogP contribution is -2.35. The Hall–Kier alpha value is -1.95. The maximum Gasteiger partial charge on any atom is 0.236 e. The van der Waals surface area contributed by atoms with Crippen LogP contribution in [-0.2, 0) is 11.3 Å². The fraction of sp³-hybridized carbons (Fsp3) is 0.533. The molecular formula is C15H22N2O4. The van der Waals surface area contributed by atoms with Crippen molar-refractivity contribution in [1.29, 1.82) is 0 Å². The number of ether oxygens (including phenoxy) is 3. The van der Waals surface area contributed by atoms with Crippen LogP contribution >= 0.6 is 0 Å². The second-order valence-electron chi connectivity index (χ2n) is 4.83. The van der Waals surface area contributed by atoms with Gasteiger partial charge in [0.15, 0.2) is 11.5 Å². The van der Waals surface area contributed by atoms with Gasteiger partial charge < -0.3 is 24.4 Å². The normalized spacial score (nSPS) is 12.9. The van der Waals surface area contributed by atoms with Crippen molar-refractivity contribution in [2.45, 2.75) is 13.5 Å². The lowest BCUT2D eigenvalue weighted by molar-refractivity contribution is -0.128. The Morgan fingerprint density at radius 1 is 1.38 bits per heavy atom. The number of nitrogens with one attached hydrogen (secondary N) is 1. The summed E-state index contributed by atoms with van der Waals surface area (Å²) in [7, 11) is 3.39. The van der Waals surface area contributed by atoms with E-state index >= 15 is 0 Å². The topological polar surface area (TPSA) is 60.0 Å². The molecule has 6 nitrogen and oxygen atoms in total. The number of hydrogen-bond acceptors (Lipinski definition) is 5. The van der Waals surface area contributed by atoms with Crippen LogP contribution in [0, 0.1) is 0 Å². The lowest BCUT2D eigenvalue weighted by Gasteiger charge is -2.21. The van der Waals surface area contributed by atoms with Crippen molar-refractivity contribution in [3.05, 3.63) is 17.7 Å². The summed E-state index contributed by atoms with van der Waals surface area (Å²) in [4.78, 5) is 13.4. The summed E-state index contributed by atoms with van der Waals surface area (Å²) >= 11 is 0. The van der Waals surface area contributed by atoms with Gasteiger partial charge in [-0.2, -0.15) is 0 Å². The Balaban J connectivity index is 1.99. The number of carbonyl (C=O) groups excluding carboxylic acids is 1. The molecule has 1 heterocycles. The van der Waals surface area contributed by atoms with Crippen LogP contribution in [0.5, 0.6) is 17.2 Å². The minimum absolute atomic E-state index is 0.0713. The first kappa shape index (κ1) is 15.4. The molecule has 0 spiro atoms. The van der Waals surface area contributed by atoms with E-state index in [4.69, 9.17) is 14.2 Å². The smallest absolute Gasteiger partial charge is 0.236 e. The first-order chi connectivity index (χ1) is 10.2. The molecule has 0 fully saturated rings. The van der Waals surface area contributed by atoms with Crippen molar-refractivity contribution in [3.8, 4) is 17.2 Å². The largest absolute Gasteiger partial charge is 0.493 e. The minimum atomic E-state index is 0.0713. The van der Waals surface area contributed by atoms with Crippen molar-refractivity contribution in [2.75, 3.05) is 40.5 Å². The Bertz CT molecular complexity index is 487. The third kappa shape index (κ3) is 3.78. The van der Waals surface area contributed by atoms with E-state index in [1.165, 1.54) is 0 Å². The third-order valence-corrected chi connectivity index (χ3v) is 3.39. The van der Waals surface area contributed by atoms with Gasteiger partial charge in [0.05, 0.1) is 13.7 Å². The molecule has 1 aromatic carbocycles. The van der Waals surface area contributed by atoms with Crippen LogP contribution in [0.2, 0.25) is 0 Å². The first-order valence-corrected chi connectivity index (χ1v) is 7.07. The van der Waals surface area contributed by atoms with Gasteiger partial charge in [-0.15, -0.1) is 0 Å². The summed E-state index contributed by atoms with van der Waals surface area (Å²) in [6.07, 6.45) is 0. The van der Waals surface area contributed by atoms with Crippen LogP contribution in [0.4, 0.5) is 0 Å². The Morgan fingerprint density at radius 3 is 2.86 bits per heavy atom. The molecular weight excluding hydrogens is 272 g/mol. The van der Waals surface area contributed by atoms with Gasteiger partial charge in [0.1, 0.15) is 13.2 Å². The molecule has 2 rings (SSSR count). The number of amides is 1. The van der Waals surface area contributed by atoms with Crippen LogP contribution in [-0.4, -0.2) is 51.3 Å². The highest BCUT2D eigenvalue weighted by Crippen LogP contribution is 2.40. The fourth-order valence-electron chi connectivity index (χ4n) is 2.05. The number of rotatable bonds is 6. The van der Waals surface area contributed by atoms with Crippen molar-refractivity contribution >= 4 is 5.91 Å². The molecule has 1 aliphatic rings. The molecule has 1 N–H and O–H groups in total. The monoisotopic (exact) mass is 294 g/mol. The quantitative estimate of drug-likeness (QED) is 0.849. The summed E-state index contributed by atoms with van der Waals surface area (Å²) in [6.45, 7) is 4.59. The number of nitrogens with zero attached hydrogens (tertiary/aromatic N) is 1. The highest BCUT2D eigenvalue weighted by atomic mass is 16.6. The number of methoxy groups -OCH3 is 1. The van der Waals surface area contributed by atoms with E-state index in [1.807, 2.05) is 19.1 Å². The van der Waals surface area contributed by atoms with Crippen molar-refractivity contribution < 1.29 is 19.0 Å². The Kier molecular flexibility index (Phi) is 5.27. The zero-order valence-corrected chi connectivity index (χ0v) is 12.8. The van der Waals surface area contributed by atoms with Gasteiger partial charge in [0, 0.05) is 20.1 Å². The first-order valence-electron chi connectivity index (χ1n) is 7.07. The van der Waals surface area contributed by atoms with Gasteiger partial charge in [-0.05, 0) is 24.6 Å². The van der Waals surface area contributed by atoms with Crippen molar-refractivity contribution in [2.24, 2.45) is 0 Å². The highest BCUT2D eigenvalue weighted by Gasteiger charge is 2.18. The SMILES string of the molecule is CCN(C)C(=O)CNCc1cc(OC)c2c(c1)OCCO2. The zero-order chi connectivity index (χ0) is 15.2. The second kappa shape index (κ2) is 7.17. The maximum atomic E-state index is 11.7. The number of carbonyl (C=O) groups is 1. The van der Waals surface area contributed by atoms with Crippen molar-refractivity contribution in [3.63, 3.8) is 0 Å². The Morgan fingerprint density at radius 2 is 2.14 bits per heavy atom. The summed E-state index contributed by atoms with van der Waals surface area (Å²) in [5.41, 5.74) is 0.989. The predicted octanol–water partition coefficient (Wildman–Crippen LogP) is 1.03. The second-order valence-corrected chi connectivity index (χ2v) is 4.83. The fourth-order valence-corrected chi connectivity index (χ4v) is 2.05. The minimum Gasteiger partial charge on any atom is -0.493 e. The molecule has 0 saturated heterocycles. The van der Waals surface area contributed by atoms with Gasteiger partial charge in [-0.25, -0.2) is 0 Å². The number of fused-ring (bicyclic) bond motifs is 1. The average molecular weight is 294 g/mol. The van der Waals surface area contributed by atoms with Gasteiger partial charge in [-0.1, -0.05) is 0 Å². The van der Waals surface area contributed by atoms with Gasteiger partial charge >= 0.3 is 0 Å². The summed E-state index contributed by atoms with van der Waals surface area (Å²) in [6, 6.07) is 3.81. The number of benzene rings is 1. The Labute approximate surface area is 125 Å². The molecule has 21 heavy (non-hydrogen) atoms. The van der Waals surface area contributed by atoms with E-state index in [1.54, 1.807) is 19.1 Å². The molecule has 0 aromatic heterocycles. The van der Waals surface area contributed by atoms with E-state index in [2.05, 4.69) is 5.32 Å². The molecule has 0 atom stereocenters. The molecule has 116 valence electrons. The van der Waals surface area contributed by atoms with Gasteiger partial charge in [0.2, 0.25) is 11.7 Å². The molecule has 0 radical (unpaired) electrons. The van der Waals surface area contributed by atoms with Crippen LogP contribution < -0.4 is 19.5 Å². The zero-order valence-electron chi connectivity index (χ0n) is 12.8. The average Bonchev–Trinajstić information content (AvgIpc) is 2.53. The van der Waals surface area contributed by atoms with Gasteiger partial charge in [0.25, 0.3) is 0 Å². The molecule has 1 amide bonds. The molecule has 6 heteroatoms. The van der Waals surface area contributed by atoms with E-state index in [0.29, 0.717) is 50.1 Å². The highest BCUT2D eigenvalue weighted by molar-refractivity contribution is 5.77.